The average molecular weight is 277 g/mol. The molecule has 1 aliphatic rings. The minimum absolute atomic E-state index is 0.359. The van der Waals surface area contributed by atoms with Gasteiger partial charge < -0.3 is 15.0 Å². The largest absolute Gasteiger partial charge is 0.376 e. The van der Waals surface area contributed by atoms with Crippen LogP contribution in [0, 0.1) is 0 Å². The SMILES string of the molecule is CC(C)NCc1ccc(N(C)CC2CCCCO2)nc1. The minimum Gasteiger partial charge on any atom is -0.376 e. The topological polar surface area (TPSA) is 37.4 Å². The predicted octanol–water partition coefficient (Wildman–Crippen LogP) is 2.58. The van der Waals surface area contributed by atoms with Gasteiger partial charge in [0, 0.05) is 39.0 Å². The van der Waals surface area contributed by atoms with E-state index in [9.17, 15) is 0 Å². The molecule has 1 N–H and O–H groups in total. The molecule has 1 aromatic heterocycles. The van der Waals surface area contributed by atoms with E-state index in [4.69, 9.17) is 4.74 Å². The van der Waals surface area contributed by atoms with E-state index < -0.39 is 0 Å². The zero-order valence-corrected chi connectivity index (χ0v) is 12.9. The Balaban J connectivity index is 1.84. The van der Waals surface area contributed by atoms with Crippen LogP contribution in [0.3, 0.4) is 0 Å². The fourth-order valence-corrected chi connectivity index (χ4v) is 2.42. The van der Waals surface area contributed by atoms with Crippen molar-refractivity contribution in [3.63, 3.8) is 0 Å². The first-order valence-corrected chi connectivity index (χ1v) is 7.66. The summed E-state index contributed by atoms with van der Waals surface area (Å²) in [4.78, 5) is 6.74. The van der Waals surface area contributed by atoms with Crippen molar-refractivity contribution in [1.29, 1.82) is 0 Å². The van der Waals surface area contributed by atoms with Crippen molar-refractivity contribution in [3.8, 4) is 0 Å². The second kappa shape index (κ2) is 7.60. The van der Waals surface area contributed by atoms with Crippen molar-refractivity contribution in [3.05, 3.63) is 23.9 Å². The molecule has 20 heavy (non-hydrogen) atoms. The lowest BCUT2D eigenvalue weighted by Gasteiger charge is -2.28. The van der Waals surface area contributed by atoms with Crippen molar-refractivity contribution in [2.24, 2.45) is 0 Å². The van der Waals surface area contributed by atoms with Crippen LogP contribution in [-0.4, -0.2) is 37.3 Å². The van der Waals surface area contributed by atoms with Crippen molar-refractivity contribution >= 4 is 5.82 Å². The molecule has 0 spiro atoms. The highest BCUT2D eigenvalue weighted by Crippen LogP contribution is 2.16. The van der Waals surface area contributed by atoms with Gasteiger partial charge in [0.15, 0.2) is 0 Å². The molecule has 1 aromatic rings. The number of rotatable bonds is 6. The Bertz CT molecular complexity index is 385. The maximum Gasteiger partial charge on any atom is 0.128 e. The van der Waals surface area contributed by atoms with Crippen molar-refractivity contribution in [1.82, 2.24) is 10.3 Å². The van der Waals surface area contributed by atoms with Gasteiger partial charge in [-0.25, -0.2) is 4.98 Å². The summed E-state index contributed by atoms with van der Waals surface area (Å²) in [6.07, 6.45) is 5.98. The number of hydrogen-bond donors (Lipinski definition) is 1. The van der Waals surface area contributed by atoms with Crippen LogP contribution >= 0.6 is 0 Å². The van der Waals surface area contributed by atoms with Crippen LogP contribution < -0.4 is 10.2 Å². The fourth-order valence-electron chi connectivity index (χ4n) is 2.42. The van der Waals surface area contributed by atoms with Crippen LogP contribution in [0.15, 0.2) is 18.3 Å². The van der Waals surface area contributed by atoms with E-state index in [1.54, 1.807) is 0 Å². The van der Waals surface area contributed by atoms with Crippen LogP contribution in [-0.2, 0) is 11.3 Å². The van der Waals surface area contributed by atoms with Gasteiger partial charge in [-0.3, -0.25) is 0 Å². The molecule has 1 unspecified atom stereocenters. The molecule has 112 valence electrons. The van der Waals surface area contributed by atoms with Gasteiger partial charge >= 0.3 is 0 Å². The average Bonchev–Trinajstić information content (AvgIpc) is 2.46. The summed E-state index contributed by atoms with van der Waals surface area (Å²) in [5.74, 6) is 1.02. The molecule has 1 fully saturated rings. The molecular weight excluding hydrogens is 250 g/mol. The Morgan fingerprint density at radius 3 is 2.85 bits per heavy atom. The number of likely N-dealkylation sites (N-methyl/N-ethyl adjacent to an activating group) is 1. The first-order chi connectivity index (χ1) is 9.65. The Morgan fingerprint density at radius 2 is 2.25 bits per heavy atom. The number of hydrogen-bond acceptors (Lipinski definition) is 4. The summed E-state index contributed by atoms with van der Waals surface area (Å²) in [5.41, 5.74) is 1.23. The zero-order valence-electron chi connectivity index (χ0n) is 12.9. The highest BCUT2D eigenvalue weighted by Gasteiger charge is 2.16. The molecule has 0 saturated carbocycles. The number of nitrogens with one attached hydrogen (secondary N) is 1. The Labute approximate surface area is 122 Å². The first kappa shape index (κ1) is 15.3. The normalized spacial score (nSPS) is 19.3. The van der Waals surface area contributed by atoms with E-state index in [1.807, 2.05) is 6.20 Å². The second-order valence-electron chi connectivity index (χ2n) is 5.93. The standard InChI is InChI=1S/C16H27N3O/c1-13(2)17-10-14-7-8-16(18-11-14)19(3)12-15-6-4-5-9-20-15/h7-8,11,13,15,17H,4-6,9-10,12H2,1-3H3. The Kier molecular flexibility index (Phi) is 5.80. The zero-order chi connectivity index (χ0) is 14.4. The van der Waals surface area contributed by atoms with Crippen LogP contribution in [0.1, 0.15) is 38.7 Å². The molecule has 2 heterocycles. The number of nitrogens with zero attached hydrogens (tertiary/aromatic N) is 2. The number of ether oxygens (including phenoxy) is 1. The summed E-state index contributed by atoms with van der Waals surface area (Å²) in [6.45, 7) is 7.02. The maximum absolute atomic E-state index is 5.78. The van der Waals surface area contributed by atoms with E-state index in [-0.39, 0.29) is 0 Å². The van der Waals surface area contributed by atoms with Crippen LogP contribution in [0.4, 0.5) is 5.82 Å². The summed E-state index contributed by atoms with van der Waals surface area (Å²) < 4.78 is 5.78. The van der Waals surface area contributed by atoms with Gasteiger partial charge in [-0.1, -0.05) is 19.9 Å². The van der Waals surface area contributed by atoms with E-state index in [0.29, 0.717) is 12.1 Å². The third kappa shape index (κ3) is 4.76. The van der Waals surface area contributed by atoms with Crippen LogP contribution in [0.5, 0.6) is 0 Å². The molecule has 4 nitrogen and oxygen atoms in total. The van der Waals surface area contributed by atoms with Gasteiger partial charge in [0.05, 0.1) is 6.10 Å². The monoisotopic (exact) mass is 277 g/mol. The molecule has 1 saturated heterocycles. The minimum atomic E-state index is 0.359. The van der Waals surface area contributed by atoms with E-state index in [0.717, 1.165) is 25.5 Å². The molecular formula is C16H27N3O. The Morgan fingerprint density at radius 1 is 1.40 bits per heavy atom. The molecule has 0 aliphatic carbocycles. The number of pyridine rings is 1. The molecule has 1 aliphatic heterocycles. The van der Waals surface area contributed by atoms with Gasteiger partial charge in [-0.15, -0.1) is 0 Å². The van der Waals surface area contributed by atoms with Crippen LogP contribution in [0.2, 0.25) is 0 Å². The third-order valence-electron chi connectivity index (χ3n) is 3.67. The van der Waals surface area contributed by atoms with E-state index in [1.165, 1.54) is 24.8 Å². The third-order valence-corrected chi connectivity index (χ3v) is 3.67. The van der Waals surface area contributed by atoms with Crippen molar-refractivity contribution < 1.29 is 4.74 Å². The quantitative estimate of drug-likeness (QED) is 0.867. The first-order valence-electron chi connectivity index (χ1n) is 7.66. The molecule has 4 heteroatoms. The van der Waals surface area contributed by atoms with Crippen molar-refractivity contribution in [2.75, 3.05) is 25.1 Å². The summed E-state index contributed by atoms with van der Waals surface area (Å²) in [7, 11) is 2.09. The Hall–Kier alpha value is -1.13. The number of anilines is 1. The van der Waals surface area contributed by atoms with Gasteiger partial charge in [-0.05, 0) is 30.9 Å². The fraction of sp³-hybridized carbons (Fsp3) is 0.688. The lowest BCUT2D eigenvalue weighted by atomic mass is 10.1. The maximum atomic E-state index is 5.78. The van der Waals surface area contributed by atoms with Crippen molar-refractivity contribution in [2.45, 2.75) is 51.8 Å². The second-order valence-corrected chi connectivity index (χ2v) is 5.93. The summed E-state index contributed by atoms with van der Waals surface area (Å²) in [6, 6.07) is 4.75. The molecule has 1 atom stereocenters. The molecule has 0 bridgehead atoms. The molecule has 0 radical (unpaired) electrons. The van der Waals surface area contributed by atoms with E-state index in [2.05, 4.69) is 48.2 Å². The van der Waals surface area contributed by atoms with Crippen LogP contribution in [0.25, 0.3) is 0 Å². The smallest absolute Gasteiger partial charge is 0.128 e. The van der Waals surface area contributed by atoms with Gasteiger partial charge in [0.2, 0.25) is 0 Å². The summed E-state index contributed by atoms with van der Waals surface area (Å²) in [5, 5.41) is 3.40. The predicted molar refractivity (Wildman–Crippen MR) is 83.1 cm³/mol. The highest BCUT2D eigenvalue weighted by molar-refractivity contribution is 5.38. The van der Waals surface area contributed by atoms with E-state index >= 15 is 0 Å². The van der Waals surface area contributed by atoms with Gasteiger partial charge in [0.25, 0.3) is 0 Å². The summed E-state index contributed by atoms with van der Waals surface area (Å²) >= 11 is 0. The lowest BCUT2D eigenvalue weighted by molar-refractivity contribution is 0.0215. The lowest BCUT2D eigenvalue weighted by Crippen LogP contribution is -2.33. The number of aromatic nitrogens is 1. The molecule has 0 aromatic carbocycles. The highest BCUT2D eigenvalue weighted by atomic mass is 16.5. The van der Waals surface area contributed by atoms with Gasteiger partial charge in [-0.2, -0.15) is 0 Å². The molecule has 2 rings (SSSR count). The molecule has 0 amide bonds. The van der Waals surface area contributed by atoms with Gasteiger partial charge in [0.1, 0.15) is 5.82 Å².